The molecular formula is C27H30N6O3. The summed E-state index contributed by atoms with van der Waals surface area (Å²) in [5, 5.41) is 13.5. The molecule has 36 heavy (non-hydrogen) atoms. The molecule has 0 radical (unpaired) electrons. The number of benzene rings is 2. The minimum absolute atomic E-state index is 0.109. The second-order valence-corrected chi connectivity index (χ2v) is 8.95. The summed E-state index contributed by atoms with van der Waals surface area (Å²) in [6.07, 6.45) is 0. The molecular weight excluding hydrogens is 456 g/mol. The number of carbonyl (C=O) groups excluding carboxylic acids is 1. The number of fused-ring (bicyclic) bond motifs is 1. The van der Waals surface area contributed by atoms with Gasteiger partial charge in [-0.2, -0.15) is 5.10 Å². The van der Waals surface area contributed by atoms with E-state index in [1.807, 2.05) is 43.0 Å². The molecule has 1 fully saturated rings. The van der Waals surface area contributed by atoms with Crippen LogP contribution in [0.15, 0.2) is 48.5 Å². The van der Waals surface area contributed by atoms with Crippen LogP contribution in [0.3, 0.4) is 0 Å². The molecule has 4 aromatic rings. The fraction of sp³-hybridized carbons (Fsp3) is 0.333. The fourth-order valence-electron chi connectivity index (χ4n) is 4.74. The van der Waals surface area contributed by atoms with Crippen LogP contribution in [0.1, 0.15) is 27.4 Å². The summed E-state index contributed by atoms with van der Waals surface area (Å²) in [5.41, 5.74) is 5.42. The lowest BCUT2D eigenvalue weighted by atomic mass is 10.1. The van der Waals surface area contributed by atoms with Gasteiger partial charge in [-0.1, -0.05) is 36.4 Å². The van der Waals surface area contributed by atoms with E-state index >= 15 is 0 Å². The smallest absolute Gasteiger partial charge is 0.276 e. The molecule has 3 heterocycles. The lowest BCUT2D eigenvalue weighted by molar-refractivity contribution is 0.0620. The maximum atomic E-state index is 13.4. The van der Waals surface area contributed by atoms with Crippen molar-refractivity contribution in [3.63, 3.8) is 0 Å². The number of ether oxygens (including phenoxy) is 2. The van der Waals surface area contributed by atoms with Crippen molar-refractivity contribution < 1.29 is 14.3 Å². The molecule has 186 valence electrons. The van der Waals surface area contributed by atoms with Crippen LogP contribution in [-0.2, 0) is 6.54 Å². The predicted molar refractivity (Wildman–Crippen MR) is 136 cm³/mol. The van der Waals surface area contributed by atoms with Gasteiger partial charge < -0.3 is 14.4 Å². The first-order valence-electron chi connectivity index (χ1n) is 12.0. The van der Waals surface area contributed by atoms with Crippen molar-refractivity contribution in [1.29, 1.82) is 0 Å². The third-order valence-corrected chi connectivity index (χ3v) is 6.72. The molecule has 0 unspecified atom stereocenters. The summed E-state index contributed by atoms with van der Waals surface area (Å²) in [5.74, 6) is 1.16. The number of rotatable bonds is 6. The standard InChI is InChI=1S/C27H30N6O3/c1-18-24(21-10-11-22(35-3)23(16-21)36-4)26-29-28-25(19(2)33(26)30-18)27(34)32-14-12-31(13-15-32)17-20-8-6-5-7-9-20/h5-11,16H,12-15,17H2,1-4H3. The number of aromatic nitrogens is 4. The van der Waals surface area contributed by atoms with Gasteiger partial charge in [0.2, 0.25) is 0 Å². The third kappa shape index (κ3) is 4.37. The molecule has 2 aromatic heterocycles. The Hall–Kier alpha value is -3.98. The number of hydrogen-bond donors (Lipinski definition) is 0. The Kier molecular flexibility index (Phi) is 6.56. The second-order valence-electron chi connectivity index (χ2n) is 8.95. The van der Waals surface area contributed by atoms with Gasteiger partial charge in [-0.15, -0.1) is 10.2 Å². The Morgan fingerprint density at radius 1 is 0.917 bits per heavy atom. The molecule has 9 nitrogen and oxygen atoms in total. The van der Waals surface area contributed by atoms with Crippen molar-refractivity contribution in [2.45, 2.75) is 20.4 Å². The van der Waals surface area contributed by atoms with E-state index in [1.165, 1.54) is 5.56 Å². The van der Waals surface area contributed by atoms with Crippen LogP contribution in [0.4, 0.5) is 0 Å². The number of carbonyl (C=O) groups is 1. The van der Waals surface area contributed by atoms with Crippen molar-refractivity contribution in [1.82, 2.24) is 29.6 Å². The number of hydrogen-bond acceptors (Lipinski definition) is 7. The van der Waals surface area contributed by atoms with Gasteiger partial charge in [0.25, 0.3) is 5.91 Å². The second kappa shape index (κ2) is 9.94. The van der Waals surface area contributed by atoms with Gasteiger partial charge in [0.15, 0.2) is 22.8 Å². The number of aryl methyl sites for hydroxylation is 2. The van der Waals surface area contributed by atoms with E-state index in [0.29, 0.717) is 41.6 Å². The topological polar surface area (TPSA) is 85.1 Å². The van der Waals surface area contributed by atoms with Crippen molar-refractivity contribution in [3.8, 4) is 22.6 Å². The van der Waals surface area contributed by atoms with Crippen molar-refractivity contribution in [2.75, 3.05) is 40.4 Å². The summed E-state index contributed by atoms with van der Waals surface area (Å²) in [7, 11) is 3.21. The van der Waals surface area contributed by atoms with Gasteiger partial charge in [-0.05, 0) is 37.1 Å². The SMILES string of the molecule is COc1ccc(-c2c(C)nn3c(C)c(C(=O)N4CCN(Cc5ccccc5)CC4)nnc23)cc1OC. The Labute approximate surface area is 210 Å². The quantitative estimate of drug-likeness (QED) is 0.413. The van der Waals surface area contributed by atoms with E-state index in [2.05, 4.69) is 39.4 Å². The van der Waals surface area contributed by atoms with Gasteiger partial charge in [0, 0.05) is 32.7 Å². The number of nitrogens with zero attached hydrogens (tertiary/aromatic N) is 6. The Bertz CT molecular complexity index is 1390. The summed E-state index contributed by atoms with van der Waals surface area (Å²) in [6, 6.07) is 16.1. The van der Waals surface area contributed by atoms with Gasteiger partial charge in [0.05, 0.1) is 31.2 Å². The third-order valence-electron chi connectivity index (χ3n) is 6.72. The Balaban J connectivity index is 1.37. The van der Waals surface area contributed by atoms with E-state index in [9.17, 15) is 4.79 Å². The van der Waals surface area contributed by atoms with Crippen molar-refractivity contribution in [2.24, 2.45) is 0 Å². The van der Waals surface area contributed by atoms with E-state index in [4.69, 9.17) is 14.6 Å². The summed E-state index contributed by atoms with van der Waals surface area (Å²) in [4.78, 5) is 17.6. The summed E-state index contributed by atoms with van der Waals surface area (Å²) >= 11 is 0. The van der Waals surface area contributed by atoms with Gasteiger partial charge in [0.1, 0.15) is 0 Å². The average molecular weight is 487 g/mol. The maximum absolute atomic E-state index is 13.4. The lowest BCUT2D eigenvalue weighted by Crippen LogP contribution is -2.48. The first kappa shape index (κ1) is 23.7. The molecule has 1 aliphatic rings. The summed E-state index contributed by atoms with van der Waals surface area (Å²) in [6.45, 7) is 7.62. The van der Waals surface area contributed by atoms with Crippen LogP contribution in [-0.4, -0.2) is 75.9 Å². The van der Waals surface area contributed by atoms with Gasteiger partial charge >= 0.3 is 0 Å². The largest absolute Gasteiger partial charge is 0.493 e. The molecule has 0 saturated carbocycles. The zero-order valence-corrected chi connectivity index (χ0v) is 21.1. The van der Waals surface area contributed by atoms with E-state index in [-0.39, 0.29) is 5.91 Å². The number of piperazine rings is 1. The molecule has 9 heteroatoms. The highest BCUT2D eigenvalue weighted by Gasteiger charge is 2.27. The van der Waals surface area contributed by atoms with Crippen LogP contribution >= 0.6 is 0 Å². The van der Waals surface area contributed by atoms with E-state index < -0.39 is 0 Å². The van der Waals surface area contributed by atoms with Crippen LogP contribution < -0.4 is 9.47 Å². The van der Waals surface area contributed by atoms with Crippen molar-refractivity contribution in [3.05, 3.63) is 71.2 Å². The predicted octanol–water partition coefficient (Wildman–Crippen LogP) is 3.38. The van der Waals surface area contributed by atoms with Crippen LogP contribution in [0.5, 0.6) is 11.5 Å². The first-order valence-corrected chi connectivity index (χ1v) is 12.0. The normalized spacial score (nSPS) is 14.3. The zero-order valence-electron chi connectivity index (χ0n) is 21.1. The van der Waals surface area contributed by atoms with Crippen LogP contribution in [0, 0.1) is 13.8 Å². The van der Waals surface area contributed by atoms with Crippen molar-refractivity contribution >= 4 is 11.6 Å². The van der Waals surface area contributed by atoms with Crippen LogP contribution in [0.25, 0.3) is 16.8 Å². The van der Waals surface area contributed by atoms with E-state index in [0.717, 1.165) is 36.5 Å². The highest BCUT2D eigenvalue weighted by molar-refractivity contribution is 5.94. The molecule has 1 amide bonds. The molecule has 1 saturated heterocycles. The van der Waals surface area contributed by atoms with Crippen LogP contribution in [0.2, 0.25) is 0 Å². The minimum Gasteiger partial charge on any atom is -0.493 e. The van der Waals surface area contributed by atoms with Gasteiger partial charge in [-0.25, -0.2) is 4.52 Å². The van der Waals surface area contributed by atoms with E-state index in [1.54, 1.807) is 18.7 Å². The molecule has 0 spiro atoms. The minimum atomic E-state index is -0.109. The maximum Gasteiger partial charge on any atom is 0.276 e. The molecule has 0 atom stereocenters. The monoisotopic (exact) mass is 486 g/mol. The highest BCUT2D eigenvalue weighted by atomic mass is 16.5. The number of methoxy groups -OCH3 is 2. The molecule has 0 N–H and O–H groups in total. The fourth-order valence-corrected chi connectivity index (χ4v) is 4.74. The Morgan fingerprint density at radius 2 is 1.64 bits per heavy atom. The molecule has 0 bridgehead atoms. The lowest BCUT2D eigenvalue weighted by Gasteiger charge is -2.34. The first-order chi connectivity index (χ1) is 17.5. The Morgan fingerprint density at radius 3 is 2.33 bits per heavy atom. The zero-order chi connectivity index (χ0) is 25.2. The van der Waals surface area contributed by atoms with Gasteiger partial charge in [-0.3, -0.25) is 9.69 Å². The summed E-state index contributed by atoms with van der Waals surface area (Å²) < 4.78 is 12.5. The highest BCUT2D eigenvalue weighted by Crippen LogP contribution is 2.35. The molecule has 1 aliphatic heterocycles. The molecule has 0 aliphatic carbocycles. The molecule has 5 rings (SSSR count). The molecule has 2 aromatic carbocycles. The number of amides is 1. The average Bonchev–Trinajstić information content (AvgIpc) is 3.26.